The van der Waals surface area contributed by atoms with Gasteiger partial charge in [0, 0.05) is 25.3 Å². The van der Waals surface area contributed by atoms with Gasteiger partial charge >= 0.3 is 0 Å². The molecule has 1 rings (SSSR count). The number of hydrogen-bond acceptors (Lipinski definition) is 4. The Bertz CT molecular complexity index is 573. The molecule has 144 valence electrons. The smallest absolute Gasteiger partial charge is 0.251 e. The van der Waals surface area contributed by atoms with Crippen molar-refractivity contribution in [3.8, 4) is 0 Å². The van der Waals surface area contributed by atoms with Crippen molar-refractivity contribution in [1.29, 1.82) is 0 Å². The number of carbonyl (C=O) groups excluding carboxylic acids is 2. The average molecular weight is 363 g/mol. The van der Waals surface area contributed by atoms with Crippen LogP contribution in [0, 0.1) is 0 Å². The predicted octanol–water partition coefficient (Wildman–Crippen LogP) is 0.117. The fraction of sp³-hybridized carbons (Fsp3) is 0.500. The molecule has 1 aromatic carbocycles. The molecule has 0 spiro atoms. The molecule has 8 heteroatoms. The van der Waals surface area contributed by atoms with Crippen LogP contribution in [0.15, 0.2) is 35.3 Å². The van der Waals surface area contributed by atoms with E-state index in [-0.39, 0.29) is 24.4 Å². The highest BCUT2D eigenvalue weighted by atomic mass is 16.3. The zero-order valence-electron chi connectivity index (χ0n) is 15.0. The van der Waals surface area contributed by atoms with Crippen LogP contribution >= 0.6 is 0 Å². The number of aliphatic hydroxyl groups is 1. The summed E-state index contributed by atoms with van der Waals surface area (Å²) in [5.41, 5.74) is 11.1. The molecule has 1 atom stereocenters. The lowest BCUT2D eigenvalue weighted by Crippen LogP contribution is -2.47. The van der Waals surface area contributed by atoms with Crippen molar-refractivity contribution in [3.63, 3.8) is 0 Å². The molecule has 0 bridgehead atoms. The summed E-state index contributed by atoms with van der Waals surface area (Å²) in [5.74, 6) is -0.529. The van der Waals surface area contributed by atoms with Gasteiger partial charge in [-0.25, -0.2) is 0 Å². The van der Waals surface area contributed by atoms with Gasteiger partial charge in [-0.05, 0) is 44.2 Å². The molecule has 0 unspecified atom stereocenters. The van der Waals surface area contributed by atoms with E-state index in [0.29, 0.717) is 37.9 Å². The summed E-state index contributed by atoms with van der Waals surface area (Å²) in [6.45, 7) is 1.04. The Hall–Kier alpha value is -2.61. The molecular weight excluding hydrogens is 334 g/mol. The van der Waals surface area contributed by atoms with E-state index in [0.717, 1.165) is 12.8 Å². The van der Waals surface area contributed by atoms with Crippen LogP contribution in [0.2, 0.25) is 0 Å². The molecule has 0 saturated carbocycles. The molecule has 8 nitrogen and oxygen atoms in total. The van der Waals surface area contributed by atoms with Gasteiger partial charge in [-0.15, -0.1) is 0 Å². The summed E-state index contributed by atoms with van der Waals surface area (Å²) in [6, 6.07) is 8.09. The summed E-state index contributed by atoms with van der Waals surface area (Å²) < 4.78 is 0. The van der Waals surface area contributed by atoms with Crippen molar-refractivity contribution in [1.82, 2.24) is 10.6 Å². The van der Waals surface area contributed by atoms with Crippen LogP contribution < -0.4 is 22.1 Å². The highest BCUT2D eigenvalue weighted by Crippen LogP contribution is 2.04. The van der Waals surface area contributed by atoms with E-state index in [1.54, 1.807) is 24.3 Å². The van der Waals surface area contributed by atoms with Crippen LogP contribution in [-0.2, 0) is 4.79 Å². The van der Waals surface area contributed by atoms with Crippen LogP contribution in [0.4, 0.5) is 0 Å². The Balaban J connectivity index is 2.58. The Morgan fingerprint density at radius 1 is 1.08 bits per heavy atom. The third-order valence-corrected chi connectivity index (χ3v) is 3.74. The largest absolute Gasteiger partial charge is 0.396 e. The SMILES string of the molecule is NC(N)=NCCC[C@H](NC(=O)c1ccccc1)C(=O)NCCCCCO. The van der Waals surface area contributed by atoms with Crippen molar-refractivity contribution < 1.29 is 14.7 Å². The highest BCUT2D eigenvalue weighted by molar-refractivity contribution is 5.97. The number of amides is 2. The standard InChI is InChI=1S/C18H29N5O3/c19-18(20)22-12-7-10-15(17(26)21-11-5-2-6-13-24)23-16(25)14-8-3-1-4-9-14/h1,3-4,8-9,15,24H,2,5-7,10-13H2,(H,21,26)(H,23,25)(H4,19,20,22)/t15-/m0/s1. The number of aliphatic imine (C=N–C) groups is 1. The van der Waals surface area contributed by atoms with Gasteiger partial charge in [-0.1, -0.05) is 18.2 Å². The normalized spacial score (nSPS) is 11.4. The Morgan fingerprint density at radius 3 is 2.46 bits per heavy atom. The molecule has 0 aliphatic rings. The number of nitrogens with zero attached hydrogens (tertiary/aromatic N) is 1. The average Bonchev–Trinajstić information content (AvgIpc) is 2.64. The second kappa shape index (κ2) is 12.7. The molecule has 0 saturated heterocycles. The number of hydrogen-bond donors (Lipinski definition) is 5. The molecule has 0 aromatic heterocycles. The van der Waals surface area contributed by atoms with Gasteiger partial charge in [-0.2, -0.15) is 0 Å². The second-order valence-corrected chi connectivity index (χ2v) is 5.92. The lowest BCUT2D eigenvalue weighted by molar-refractivity contribution is -0.123. The zero-order valence-corrected chi connectivity index (χ0v) is 15.0. The van der Waals surface area contributed by atoms with Gasteiger partial charge in [0.25, 0.3) is 5.91 Å². The van der Waals surface area contributed by atoms with Gasteiger partial charge in [0.1, 0.15) is 6.04 Å². The van der Waals surface area contributed by atoms with E-state index < -0.39 is 6.04 Å². The molecule has 0 fully saturated rings. The van der Waals surface area contributed by atoms with Crippen molar-refractivity contribution in [2.24, 2.45) is 16.5 Å². The third-order valence-electron chi connectivity index (χ3n) is 3.74. The number of rotatable bonds is 12. The van der Waals surface area contributed by atoms with E-state index in [2.05, 4.69) is 15.6 Å². The summed E-state index contributed by atoms with van der Waals surface area (Å²) in [6.07, 6.45) is 3.32. The fourth-order valence-corrected chi connectivity index (χ4v) is 2.35. The van der Waals surface area contributed by atoms with E-state index in [4.69, 9.17) is 16.6 Å². The van der Waals surface area contributed by atoms with Gasteiger partial charge in [0.15, 0.2) is 5.96 Å². The fourth-order valence-electron chi connectivity index (χ4n) is 2.35. The number of nitrogens with one attached hydrogen (secondary N) is 2. The third kappa shape index (κ3) is 9.03. The molecule has 0 aliphatic heterocycles. The van der Waals surface area contributed by atoms with E-state index >= 15 is 0 Å². The lowest BCUT2D eigenvalue weighted by atomic mass is 10.1. The lowest BCUT2D eigenvalue weighted by Gasteiger charge is -2.18. The first kappa shape index (κ1) is 21.4. The van der Waals surface area contributed by atoms with E-state index in [1.165, 1.54) is 0 Å². The summed E-state index contributed by atoms with van der Waals surface area (Å²) in [7, 11) is 0. The van der Waals surface area contributed by atoms with Crippen molar-refractivity contribution >= 4 is 17.8 Å². The van der Waals surface area contributed by atoms with E-state index in [9.17, 15) is 9.59 Å². The molecular formula is C18H29N5O3. The quantitative estimate of drug-likeness (QED) is 0.204. The first-order valence-electron chi connectivity index (χ1n) is 8.84. The first-order chi connectivity index (χ1) is 12.5. The number of nitrogens with two attached hydrogens (primary N) is 2. The van der Waals surface area contributed by atoms with E-state index in [1.807, 2.05) is 6.07 Å². The molecule has 0 heterocycles. The Labute approximate surface area is 154 Å². The molecule has 0 radical (unpaired) electrons. The maximum absolute atomic E-state index is 12.4. The van der Waals surface area contributed by atoms with Crippen LogP contribution in [0.1, 0.15) is 42.5 Å². The Morgan fingerprint density at radius 2 is 1.81 bits per heavy atom. The second-order valence-electron chi connectivity index (χ2n) is 5.92. The predicted molar refractivity (Wildman–Crippen MR) is 102 cm³/mol. The molecule has 26 heavy (non-hydrogen) atoms. The minimum atomic E-state index is -0.658. The molecule has 1 aromatic rings. The van der Waals surface area contributed by atoms with Crippen LogP contribution in [0.5, 0.6) is 0 Å². The van der Waals surface area contributed by atoms with Crippen LogP contribution in [0.25, 0.3) is 0 Å². The minimum absolute atomic E-state index is 0.00297. The number of guanidine groups is 1. The van der Waals surface area contributed by atoms with Gasteiger partial charge in [0.05, 0.1) is 0 Å². The minimum Gasteiger partial charge on any atom is -0.396 e. The molecule has 0 aliphatic carbocycles. The number of aliphatic hydroxyl groups excluding tert-OH is 1. The number of unbranched alkanes of at least 4 members (excludes halogenated alkanes) is 2. The van der Waals surface area contributed by atoms with Crippen molar-refractivity contribution in [3.05, 3.63) is 35.9 Å². The van der Waals surface area contributed by atoms with Crippen molar-refractivity contribution in [2.75, 3.05) is 19.7 Å². The zero-order chi connectivity index (χ0) is 19.2. The Kier molecular flexibility index (Phi) is 10.5. The maximum atomic E-state index is 12.4. The van der Waals surface area contributed by atoms with Crippen LogP contribution in [0.3, 0.4) is 0 Å². The van der Waals surface area contributed by atoms with Gasteiger partial charge in [-0.3, -0.25) is 14.6 Å². The molecule has 7 N–H and O–H groups in total. The summed E-state index contributed by atoms with van der Waals surface area (Å²) in [4.78, 5) is 28.6. The first-order valence-corrected chi connectivity index (χ1v) is 8.84. The number of carbonyl (C=O) groups is 2. The summed E-state index contributed by atoms with van der Waals surface area (Å²) in [5, 5.41) is 14.4. The topological polar surface area (TPSA) is 143 Å². The van der Waals surface area contributed by atoms with Gasteiger partial charge in [0.2, 0.25) is 5.91 Å². The highest BCUT2D eigenvalue weighted by Gasteiger charge is 2.20. The molecule has 2 amide bonds. The van der Waals surface area contributed by atoms with Gasteiger partial charge < -0.3 is 27.2 Å². The number of benzene rings is 1. The monoisotopic (exact) mass is 363 g/mol. The van der Waals surface area contributed by atoms with Crippen molar-refractivity contribution in [2.45, 2.75) is 38.1 Å². The van der Waals surface area contributed by atoms with Crippen LogP contribution in [-0.4, -0.2) is 48.6 Å². The maximum Gasteiger partial charge on any atom is 0.251 e. The summed E-state index contributed by atoms with van der Waals surface area (Å²) >= 11 is 0.